The van der Waals surface area contributed by atoms with E-state index in [4.69, 9.17) is 0 Å². The Morgan fingerprint density at radius 2 is 2.20 bits per heavy atom. The van der Waals surface area contributed by atoms with Crippen molar-refractivity contribution in [2.45, 2.75) is 6.04 Å². The van der Waals surface area contributed by atoms with Gasteiger partial charge < -0.3 is 20.6 Å². The molecule has 1 aromatic rings. The molecule has 1 unspecified atom stereocenters. The summed E-state index contributed by atoms with van der Waals surface area (Å²) < 4.78 is 0. The van der Waals surface area contributed by atoms with E-state index in [2.05, 4.69) is 15.6 Å². The molecule has 0 bridgehead atoms. The molecule has 1 saturated heterocycles. The highest BCUT2D eigenvalue weighted by molar-refractivity contribution is 5.97. The fourth-order valence-corrected chi connectivity index (χ4v) is 2.17. The Morgan fingerprint density at radius 1 is 1.45 bits per heavy atom. The van der Waals surface area contributed by atoms with Gasteiger partial charge in [0.05, 0.1) is 5.56 Å². The summed E-state index contributed by atoms with van der Waals surface area (Å²) in [6.07, 6.45) is 0. The van der Waals surface area contributed by atoms with Crippen LogP contribution < -0.4 is 16.2 Å². The van der Waals surface area contributed by atoms with Crippen molar-refractivity contribution in [2.24, 2.45) is 0 Å². The van der Waals surface area contributed by atoms with Gasteiger partial charge in [-0.2, -0.15) is 0 Å². The van der Waals surface area contributed by atoms with Crippen molar-refractivity contribution < 1.29 is 14.7 Å². The van der Waals surface area contributed by atoms with Crippen molar-refractivity contribution >= 4 is 11.8 Å². The van der Waals surface area contributed by atoms with Gasteiger partial charge in [0.1, 0.15) is 6.04 Å². The highest BCUT2D eigenvalue weighted by atomic mass is 16.3. The summed E-state index contributed by atoms with van der Waals surface area (Å²) in [5, 5.41) is 14.9. The van der Waals surface area contributed by atoms with Crippen LogP contribution in [0.3, 0.4) is 0 Å². The van der Waals surface area contributed by atoms with Gasteiger partial charge in [-0.15, -0.1) is 0 Å². The summed E-state index contributed by atoms with van der Waals surface area (Å²) >= 11 is 0. The monoisotopic (exact) mass is 280 g/mol. The van der Waals surface area contributed by atoms with Crippen molar-refractivity contribution in [3.63, 3.8) is 0 Å². The van der Waals surface area contributed by atoms with E-state index in [1.165, 1.54) is 18.0 Å². The Labute approximate surface area is 114 Å². The molecule has 1 aliphatic rings. The minimum atomic E-state index is -0.636. The number of likely N-dealkylation sites (N-methyl/N-ethyl adjacent to an activating group) is 1. The Hall–Kier alpha value is -2.35. The lowest BCUT2D eigenvalue weighted by Gasteiger charge is -2.34. The number of pyridine rings is 1. The average molecular weight is 280 g/mol. The predicted molar refractivity (Wildman–Crippen MR) is 70.5 cm³/mol. The largest absolute Gasteiger partial charge is 0.494 e. The van der Waals surface area contributed by atoms with E-state index < -0.39 is 17.5 Å². The second-order valence-electron chi connectivity index (χ2n) is 4.45. The maximum Gasteiger partial charge on any atom is 0.255 e. The molecule has 108 valence electrons. The summed E-state index contributed by atoms with van der Waals surface area (Å²) in [4.78, 5) is 39.0. The highest BCUT2D eigenvalue weighted by Gasteiger charge is 2.32. The molecule has 1 aromatic heterocycles. The molecule has 2 amide bonds. The molecule has 1 atom stereocenters. The van der Waals surface area contributed by atoms with Gasteiger partial charge in [-0.05, 0) is 0 Å². The van der Waals surface area contributed by atoms with E-state index in [0.717, 1.165) is 6.07 Å². The van der Waals surface area contributed by atoms with Crippen LogP contribution in [-0.4, -0.2) is 59.5 Å². The van der Waals surface area contributed by atoms with Gasteiger partial charge in [-0.3, -0.25) is 19.4 Å². The normalized spacial score (nSPS) is 18.6. The Morgan fingerprint density at radius 3 is 2.85 bits per heavy atom. The first kappa shape index (κ1) is 14.1. The molecule has 2 heterocycles. The Kier molecular flexibility index (Phi) is 4.04. The number of carbonyl (C=O) groups excluding carboxylic acids is 2. The standard InChI is InChI=1S/C12H16N4O4/c1-13-11(19)8-6-14-2-3-16(8)12(20)7-4-9(17)15-10(18)5-7/h4-5,8,14H,2-3,6H2,1H3,(H,13,19)(H2,15,17,18). The topological polar surface area (TPSA) is 115 Å². The van der Waals surface area contributed by atoms with Crippen LogP contribution in [0.5, 0.6) is 5.88 Å². The van der Waals surface area contributed by atoms with Gasteiger partial charge in [0, 0.05) is 38.8 Å². The van der Waals surface area contributed by atoms with Crippen molar-refractivity contribution in [1.82, 2.24) is 20.5 Å². The van der Waals surface area contributed by atoms with E-state index in [1.807, 2.05) is 0 Å². The number of nitrogens with zero attached hydrogens (tertiary/aromatic N) is 1. The second kappa shape index (κ2) is 5.74. The Bertz CT molecular complexity index is 583. The lowest BCUT2D eigenvalue weighted by Crippen LogP contribution is -2.59. The molecule has 4 N–H and O–H groups in total. The number of nitrogens with one attached hydrogen (secondary N) is 3. The van der Waals surface area contributed by atoms with Crippen molar-refractivity contribution in [3.05, 3.63) is 28.0 Å². The van der Waals surface area contributed by atoms with Gasteiger partial charge in [0.2, 0.25) is 5.91 Å². The van der Waals surface area contributed by atoms with Crippen LogP contribution in [0.4, 0.5) is 0 Å². The number of carbonyl (C=O) groups is 2. The fraction of sp³-hybridized carbons (Fsp3) is 0.417. The third-order valence-corrected chi connectivity index (χ3v) is 3.13. The van der Waals surface area contributed by atoms with Gasteiger partial charge in [0.25, 0.3) is 11.5 Å². The van der Waals surface area contributed by atoms with Crippen LogP contribution in [0.15, 0.2) is 16.9 Å². The first-order chi connectivity index (χ1) is 9.52. The SMILES string of the molecule is CNC(=O)C1CNCCN1C(=O)c1cc(O)[nH]c(=O)c1. The van der Waals surface area contributed by atoms with Gasteiger partial charge >= 0.3 is 0 Å². The molecular weight excluding hydrogens is 264 g/mol. The van der Waals surface area contributed by atoms with Gasteiger partial charge in [0.15, 0.2) is 5.88 Å². The van der Waals surface area contributed by atoms with Gasteiger partial charge in [-0.1, -0.05) is 0 Å². The molecule has 2 rings (SSSR count). The first-order valence-electron chi connectivity index (χ1n) is 6.19. The molecule has 8 heteroatoms. The zero-order chi connectivity index (χ0) is 14.7. The molecule has 0 aliphatic carbocycles. The second-order valence-corrected chi connectivity index (χ2v) is 4.45. The number of aromatic hydroxyl groups is 1. The minimum absolute atomic E-state index is 0.0575. The Balaban J connectivity index is 2.29. The van der Waals surface area contributed by atoms with Crippen molar-refractivity contribution in [1.29, 1.82) is 0 Å². The number of hydrogen-bond donors (Lipinski definition) is 4. The van der Waals surface area contributed by atoms with E-state index in [-0.39, 0.29) is 17.4 Å². The summed E-state index contributed by atoms with van der Waals surface area (Å²) in [5.41, 5.74) is -0.512. The molecule has 0 aromatic carbocycles. The first-order valence-corrected chi connectivity index (χ1v) is 6.19. The van der Waals surface area contributed by atoms with Crippen LogP contribution >= 0.6 is 0 Å². The molecule has 1 aliphatic heterocycles. The van der Waals surface area contributed by atoms with Gasteiger partial charge in [-0.25, -0.2) is 0 Å². The van der Waals surface area contributed by atoms with Crippen molar-refractivity contribution in [3.8, 4) is 5.88 Å². The number of piperazine rings is 1. The third-order valence-electron chi connectivity index (χ3n) is 3.13. The lowest BCUT2D eigenvalue weighted by atomic mass is 10.1. The zero-order valence-electron chi connectivity index (χ0n) is 11.0. The number of amides is 2. The minimum Gasteiger partial charge on any atom is -0.494 e. The van der Waals surface area contributed by atoms with Crippen LogP contribution in [0.25, 0.3) is 0 Å². The summed E-state index contributed by atoms with van der Waals surface area (Å²) in [7, 11) is 1.50. The molecule has 0 saturated carbocycles. The third kappa shape index (κ3) is 2.80. The fourth-order valence-electron chi connectivity index (χ4n) is 2.17. The zero-order valence-corrected chi connectivity index (χ0v) is 11.0. The quantitative estimate of drug-likeness (QED) is 0.512. The van der Waals surface area contributed by atoms with E-state index in [0.29, 0.717) is 19.6 Å². The summed E-state index contributed by atoms with van der Waals surface area (Å²) in [6, 6.07) is 1.64. The van der Waals surface area contributed by atoms with Crippen LogP contribution in [0.2, 0.25) is 0 Å². The number of aromatic nitrogens is 1. The van der Waals surface area contributed by atoms with Crippen LogP contribution in [0.1, 0.15) is 10.4 Å². The average Bonchev–Trinajstić information content (AvgIpc) is 2.44. The molecule has 20 heavy (non-hydrogen) atoms. The molecule has 8 nitrogen and oxygen atoms in total. The maximum absolute atomic E-state index is 12.4. The van der Waals surface area contributed by atoms with Crippen LogP contribution in [-0.2, 0) is 4.79 Å². The molecule has 0 spiro atoms. The van der Waals surface area contributed by atoms with Crippen molar-refractivity contribution in [2.75, 3.05) is 26.7 Å². The highest BCUT2D eigenvalue weighted by Crippen LogP contribution is 2.12. The van der Waals surface area contributed by atoms with E-state index >= 15 is 0 Å². The van der Waals surface area contributed by atoms with Crippen LogP contribution in [0, 0.1) is 0 Å². The summed E-state index contributed by atoms with van der Waals surface area (Å²) in [5.74, 6) is -1.12. The number of aromatic amines is 1. The van der Waals surface area contributed by atoms with E-state index in [9.17, 15) is 19.5 Å². The predicted octanol–water partition coefficient (Wildman–Crippen LogP) is -1.76. The molecular formula is C12H16N4O4. The van der Waals surface area contributed by atoms with E-state index in [1.54, 1.807) is 0 Å². The number of hydrogen-bond acceptors (Lipinski definition) is 5. The lowest BCUT2D eigenvalue weighted by molar-refractivity contribution is -0.125. The summed E-state index contributed by atoms with van der Waals surface area (Å²) in [6.45, 7) is 1.26. The smallest absolute Gasteiger partial charge is 0.255 e. The number of H-pyrrole nitrogens is 1. The molecule has 1 fully saturated rings. The number of rotatable bonds is 2. The maximum atomic E-state index is 12.4. The molecule has 0 radical (unpaired) electrons.